The highest BCUT2D eigenvalue weighted by Gasteiger charge is 2.02. The van der Waals surface area contributed by atoms with E-state index in [1.807, 2.05) is 31.2 Å². The fourth-order valence-electron chi connectivity index (χ4n) is 1.84. The maximum Gasteiger partial charge on any atom is 0.189 e. The van der Waals surface area contributed by atoms with Crippen LogP contribution in [0.4, 0.5) is 10.1 Å². The van der Waals surface area contributed by atoms with Crippen molar-refractivity contribution < 1.29 is 9.13 Å². The van der Waals surface area contributed by atoms with Crippen LogP contribution in [-0.2, 0) is 0 Å². The summed E-state index contributed by atoms with van der Waals surface area (Å²) in [6.45, 7) is 6.39. The number of anilines is 1. The number of thiocarbonyl (C=S) groups is 1. The van der Waals surface area contributed by atoms with Crippen LogP contribution in [0.2, 0.25) is 0 Å². The predicted molar refractivity (Wildman–Crippen MR) is 95.5 cm³/mol. The van der Waals surface area contributed by atoms with Gasteiger partial charge in [0.15, 0.2) is 5.11 Å². The minimum absolute atomic E-state index is 0.319. The van der Waals surface area contributed by atoms with Gasteiger partial charge in [-0.3, -0.25) is 10.9 Å². The van der Waals surface area contributed by atoms with Crippen LogP contribution >= 0.6 is 12.2 Å². The Balaban J connectivity index is 1.84. The average molecular weight is 331 g/mol. The molecule has 0 unspecified atom stereocenters. The van der Waals surface area contributed by atoms with Gasteiger partial charge in [0.05, 0.1) is 12.3 Å². The SMILES string of the molecule is C=C(NNC(=S)Nc1ccc(OCC)cc1)c1cccc(F)c1. The molecule has 0 heterocycles. The van der Waals surface area contributed by atoms with Crippen molar-refractivity contribution >= 4 is 28.7 Å². The first-order chi connectivity index (χ1) is 11.1. The van der Waals surface area contributed by atoms with Crippen molar-refractivity contribution in [1.82, 2.24) is 10.9 Å². The number of nitrogens with one attached hydrogen (secondary N) is 3. The second-order valence-corrected chi connectivity index (χ2v) is 5.06. The molecule has 3 N–H and O–H groups in total. The zero-order valence-electron chi connectivity index (χ0n) is 12.7. The van der Waals surface area contributed by atoms with Crippen molar-refractivity contribution in [2.75, 3.05) is 11.9 Å². The van der Waals surface area contributed by atoms with Crippen molar-refractivity contribution in [2.45, 2.75) is 6.92 Å². The van der Waals surface area contributed by atoms with Crippen molar-refractivity contribution in [3.05, 3.63) is 66.5 Å². The molecule has 0 atom stereocenters. The molecule has 0 aromatic heterocycles. The van der Waals surface area contributed by atoms with Crippen LogP contribution in [0.5, 0.6) is 5.75 Å². The summed E-state index contributed by atoms with van der Waals surface area (Å²) in [6, 6.07) is 13.6. The second kappa shape index (κ2) is 8.14. The summed E-state index contributed by atoms with van der Waals surface area (Å²) >= 11 is 5.18. The van der Waals surface area contributed by atoms with Crippen LogP contribution in [0, 0.1) is 5.82 Å². The predicted octanol–water partition coefficient (Wildman–Crippen LogP) is 3.69. The highest BCUT2D eigenvalue weighted by molar-refractivity contribution is 7.80. The highest BCUT2D eigenvalue weighted by Crippen LogP contribution is 2.15. The van der Waals surface area contributed by atoms with Crippen molar-refractivity contribution in [1.29, 1.82) is 0 Å². The zero-order valence-corrected chi connectivity index (χ0v) is 13.5. The minimum Gasteiger partial charge on any atom is -0.494 e. The second-order valence-electron chi connectivity index (χ2n) is 4.65. The number of ether oxygens (including phenoxy) is 1. The van der Waals surface area contributed by atoms with E-state index in [1.165, 1.54) is 12.1 Å². The number of rotatable bonds is 6. The van der Waals surface area contributed by atoms with Gasteiger partial charge in [0.25, 0.3) is 0 Å². The Morgan fingerprint density at radius 1 is 1.17 bits per heavy atom. The quantitative estimate of drug-likeness (QED) is 0.557. The lowest BCUT2D eigenvalue weighted by atomic mass is 10.2. The van der Waals surface area contributed by atoms with E-state index < -0.39 is 0 Å². The summed E-state index contributed by atoms with van der Waals surface area (Å²) in [5, 5.41) is 3.38. The number of hydrogen-bond acceptors (Lipinski definition) is 3. The summed E-state index contributed by atoms with van der Waals surface area (Å²) in [4.78, 5) is 0. The fraction of sp³-hybridized carbons (Fsp3) is 0.118. The van der Waals surface area contributed by atoms with E-state index in [1.54, 1.807) is 12.1 Å². The lowest BCUT2D eigenvalue weighted by molar-refractivity contribution is 0.340. The van der Waals surface area contributed by atoms with Crippen LogP contribution in [-0.4, -0.2) is 11.7 Å². The van der Waals surface area contributed by atoms with Gasteiger partial charge in [0.2, 0.25) is 0 Å². The van der Waals surface area contributed by atoms with Gasteiger partial charge in [-0.1, -0.05) is 18.7 Å². The van der Waals surface area contributed by atoms with E-state index in [-0.39, 0.29) is 5.82 Å². The Morgan fingerprint density at radius 3 is 2.57 bits per heavy atom. The van der Waals surface area contributed by atoms with E-state index in [2.05, 4.69) is 22.7 Å². The molecule has 0 bridgehead atoms. The standard InChI is InChI=1S/C17H18FN3OS/c1-3-22-16-9-7-15(8-10-16)19-17(23)21-20-12(2)13-5-4-6-14(18)11-13/h4-11,20H,2-3H2,1H3,(H2,19,21,23). The number of hydrazine groups is 1. The van der Waals surface area contributed by atoms with E-state index >= 15 is 0 Å². The molecule has 0 aliphatic carbocycles. The molecule has 2 aromatic carbocycles. The lowest BCUT2D eigenvalue weighted by Gasteiger charge is -2.14. The van der Waals surface area contributed by atoms with Crippen LogP contribution < -0.4 is 20.9 Å². The molecule has 0 spiro atoms. The maximum absolute atomic E-state index is 13.2. The maximum atomic E-state index is 13.2. The van der Waals surface area contributed by atoms with E-state index in [9.17, 15) is 4.39 Å². The molecule has 0 saturated heterocycles. The topological polar surface area (TPSA) is 45.3 Å². The molecule has 6 heteroatoms. The van der Waals surface area contributed by atoms with Crippen LogP contribution in [0.3, 0.4) is 0 Å². The van der Waals surface area contributed by atoms with Gasteiger partial charge < -0.3 is 10.1 Å². The number of halogens is 1. The molecule has 2 aromatic rings. The van der Waals surface area contributed by atoms with E-state index in [4.69, 9.17) is 17.0 Å². The molecule has 2 rings (SSSR count). The van der Waals surface area contributed by atoms with Crippen LogP contribution in [0.15, 0.2) is 55.1 Å². The summed E-state index contributed by atoms with van der Waals surface area (Å²) in [7, 11) is 0. The van der Waals surface area contributed by atoms with Crippen molar-refractivity contribution in [3.8, 4) is 5.75 Å². The molecule has 120 valence electrons. The first kappa shape index (κ1) is 16.8. The summed E-state index contributed by atoms with van der Waals surface area (Å²) in [5.41, 5.74) is 7.62. The molecule has 0 amide bonds. The smallest absolute Gasteiger partial charge is 0.189 e. The Kier molecular flexibility index (Phi) is 5.94. The van der Waals surface area contributed by atoms with Crippen LogP contribution in [0.1, 0.15) is 12.5 Å². The molecule has 4 nitrogen and oxygen atoms in total. The molecule has 0 saturated carbocycles. The van der Waals surface area contributed by atoms with Gasteiger partial charge in [-0.05, 0) is 55.5 Å². The monoisotopic (exact) mass is 331 g/mol. The third-order valence-electron chi connectivity index (χ3n) is 2.92. The molecule has 0 fully saturated rings. The summed E-state index contributed by atoms with van der Waals surface area (Å²) in [5.74, 6) is 0.482. The fourth-order valence-corrected chi connectivity index (χ4v) is 2.01. The van der Waals surface area contributed by atoms with Crippen molar-refractivity contribution in [3.63, 3.8) is 0 Å². The zero-order chi connectivity index (χ0) is 16.7. The lowest BCUT2D eigenvalue weighted by Crippen LogP contribution is -2.38. The Hall–Kier alpha value is -2.60. The van der Waals surface area contributed by atoms with Gasteiger partial charge in [0.1, 0.15) is 11.6 Å². The molecule has 23 heavy (non-hydrogen) atoms. The average Bonchev–Trinajstić information content (AvgIpc) is 2.55. The van der Waals surface area contributed by atoms with E-state index in [0.29, 0.717) is 23.0 Å². The third kappa shape index (κ3) is 5.27. The number of benzene rings is 2. The largest absolute Gasteiger partial charge is 0.494 e. The summed E-state index contributed by atoms with van der Waals surface area (Å²) < 4.78 is 18.5. The first-order valence-electron chi connectivity index (χ1n) is 7.09. The third-order valence-corrected chi connectivity index (χ3v) is 3.13. The molecular formula is C17H18FN3OS. The molecular weight excluding hydrogens is 313 g/mol. The normalized spacial score (nSPS) is 9.83. The van der Waals surface area contributed by atoms with Gasteiger partial charge in [-0.15, -0.1) is 0 Å². The highest BCUT2D eigenvalue weighted by atomic mass is 32.1. The Morgan fingerprint density at radius 2 is 1.91 bits per heavy atom. The van der Waals surface area contributed by atoms with Crippen molar-refractivity contribution in [2.24, 2.45) is 0 Å². The molecule has 0 radical (unpaired) electrons. The first-order valence-corrected chi connectivity index (χ1v) is 7.50. The Labute approximate surface area is 140 Å². The van der Waals surface area contributed by atoms with Gasteiger partial charge in [0, 0.05) is 11.3 Å². The van der Waals surface area contributed by atoms with Gasteiger partial charge >= 0.3 is 0 Å². The van der Waals surface area contributed by atoms with Gasteiger partial charge in [-0.2, -0.15) is 0 Å². The summed E-state index contributed by atoms with van der Waals surface area (Å²) in [6.07, 6.45) is 0. The Bertz CT molecular complexity index is 688. The molecule has 0 aliphatic rings. The van der Waals surface area contributed by atoms with Crippen LogP contribution in [0.25, 0.3) is 5.70 Å². The van der Waals surface area contributed by atoms with E-state index in [0.717, 1.165) is 11.4 Å². The van der Waals surface area contributed by atoms with Gasteiger partial charge in [-0.25, -0.2) is 4.39 Å². The number of hydrogen-bond donors (Lipinski definition) is 3. The minimum atomic E-state index is -0.319. The molecule has 0 aliphatic heterocycles.